The summed E-state index contributed by atoms with van der Waals surface area (Å²) in [6.45, 7) is 8.59. The minimum atomic E-state index is -0.144. The van der Waals surface area contributed by atoms with Crippen molar-refractivity contribution in [2.75, 3.05) is 0 Å². The zero-order chi connectivity index (χ0) is 12.8. The van der Waals surface area contributed by atoms with Crippen LogP contribution in [-0.2, 0) is 5.75 Å². The molecule has 1 aromatic heterocycles. The first-order valence-corrected chi connectivity index (χ1v) is 7.32. The fourth-order valence-electron chi connectivity index (χ4n) is 1.29. The standard InChI is InChI=1S/C12H23N3OS/c1-5-8(3)11(13)12-14-10(15-16-12)7-17-9(4)6-2/h8-9,11H,5-7,13H2,1-4H3. The summed E-state index contributed by atoms with van der Waals surface area (Å²) in [6.07, 6.45) is 2.17. The van der Waals surface area contributed by atoms with Gasteiger partial charge in [-0.15, -0.1) is 0 Å². The molecule has 17 heavy (non-hydrogen) atoms. The number of rotatable bonds is 7. The third-order valence-corrected chi connectivity index (χ3v) is 4.43. The van der Waals surface area contributed by atoms with Crippen LogP contribution in [0, 0.1) is 5.92 Å². The van der Waals surface area contributed by atoms with E-state index < -0.39 is 0 Å². The molecule has 3 atom stereocenters. The van der Waals surface area contributed by atoms with Crippen molar-refractivity contribution >= 4 is 11.8 Å². The minimum absolute atomic E-state index is 0.144. The molecule has 0 aliphatic heterocycles. The highest BCUT2D eigenvalue weighted by atomic mass is 32.2. The summed E-state index contributed by atoms with van der Waals surface area (Å²) >= 11 is 1.84. The molecule has 2 N–H and O–H groups in total. The number of hydrogen-bond donors (Lipinski definition) is 1. The van der Waals surface area contributed by atoms with Crippen molar-refractivity contribution in [3.8, 4) is 0 Å². The van der Waals surface area contributed by atoms with Gasteiger partial charge in [-0.3, -0.25) is 0 Å². The first kappa shape index (κ1) is 14.5. The lowest BCUT2D eigenvalue weighted by Crippen LogP contribution is -2.18. The summed E-state index contributed by atoms with van der Waals surface area (Å²) in [6, 6.07) is -0.144. The molecule has 0 saturated heterocycles. The predicted molar refractivity (Wildman–Crippen MR) is 71.7 cm³/mol. The van der Waals surface area contributed by atoms with E-state index in [0.717, 1.165) is 24.4 Å². The van der Waals surface area contributed by atoms with Crippen LogP contribution >= 0.6 is 11.8 Å². The molecular weight excluding hydrogens is 234 g/mol. The first-order chi connectivity index (χ1) is 8.08. The molecule has 1 rings (SSSR count). The second-order valence-electron chi connectivity index (χ2n) is 4.49. The molecule has 0 aromatic carbocycles. The quantitative estimate of drug-likeness (QED) is 0.813. The first-order valence-electron chi connectivity index (χ1n) is 6.28. The average molecular weight is 257 g/mol. The Hall–Kier alpha value is -0.550. The Kier molecular flexibility index (Phi) is 5.98. The third kappa shape index (κ3) is 4.32. The molecule has 0 aliphatic rings. The Morgan fingerprint density at radius 1 is 1.29 bits per heavy atom. The lowest BCUT2D eigenvalue weighted by Gasteiger charge is -2.13. The molecule has 4 nitrogen and oxygen atoms in total. The molecule has 3 unspecified atom stereocenters. The van der Waals surface area contributed by atoms with E-state index in [-0.39, 0.29) is 6.04 Å². The van der Waals surface area contributed by atoms with Crippen LogP contribution in [0.1, 0.15) is 58.3 Å². The topological polar surface area (TPSA) is 64.9 Å². The zero-order valence-corrected chi connectivity index (χ0v) is 12.0. The van der Waals surface area contributed by atoms with Crippen LogP contribution in [0.4, 0.5) is 0 Å². The molecule has 0 aliphatic carbocycles. The van der Waals surface area contributed by atoms with E-state index in [0.29, 0.717) is 17.1 Å². The molecule has 0 saturated carbocycles. The zero-order valence-electron chi connectivity index (χ0n) is 11.1. The van der Waals surface area contributed by atoms with Crippen molar-refractivity contribution in [2.45, 2.75) is 57.6 Å². The van der Waals surface area contributed by atoms with Crippen LogP contribution in [0.5, 0.6) is 0 Å². The molecular formula is C12H23N3OS. The van der Waals surface area contributed by atoms with Crippen LogP contribution in [0.15, 0.2) is 4.52 Å². The highest BCUT2D eigenvalue weighted by Crippen LogP contribution is 2.22. The van der Waals surface area contributed by atoms with Crippen LogP contribution < -0.4 is 5.73 Å². The summed E-state index contributed by atoms with van der Waals surface area (Å²) in [5, 5.41) is 4.60. The van der Waals surface area contributed by atoms with Crippen molar-refractivity contribution in [3.05, 3.63) is 11.7 Å². The van der Waals surface area contributed by atoms with Gasteiger partial charge >= 0.3 is 0 Å². The van der Waals surface area contributed by atoms with Crippen molar-refractivity contribution in [1.29, 1.82) is 0 Å². The van der Waals surface area contributed by atoms with Crippen molar-refractivity contribution < 1.29 is 4.52 Å². The highest BCUT2D eigenvalue weighted by Gasteiger charge is 2.20. The molecule has 5 heteroatoms. The van der Waals surface area contributed by atoms with Crippen LogP contribution in [0.3, 0.4) is 0 Å². The Bertz CT molecular complexity index is 329. The Labute approximate surface area is 108 Å². The van der Waals surface area contributed by atoms with Gasteiger partial charge in [-0.25, -0.2) is 0 Å². The van der Waals surface area contributed by atoms with Gasteiger partial charge in [-0.2, -0.15) is 16.7 Å². The molecule has 1 aromatic rings. The van der Waals surface area contributed by atoms with Gasteiger partial charge in [0.15, 0.2) is 5.82 Å². The molecule has 98 valence electrons. The largest absolute Gasteiger partial charge is 0.338 e. The van der Waals surface area contributed by atoms with E-state index in [4.69, 9.17) is 10.3 Å². The maximum atomic E-state index is 6.04. The number of nitrogens with two attached hydrogens (primary N) is 1. The number of nitrogens with zero attached hydrogens (tertiary/aromatic N) is 2. The summed E-state index contributed by atoms with van der Waals surface area (Å²) in [5.74, 6) is 2.49. The molecule has 0 fully saturated rings. The van der Waals surface area contributed by atoms with Gasteiger partial charge in [0.1, 0.15) is 0 Å². The summed E-state index contributed by atoms with van der Waals surface area (Å²) in [5.41, 5.74) is 6.04. The Morgan fingerprint density at radius 2 is 2.00 bits per heavy atom. The summed E-state index contributed by atoms with van der Waals surface area (Å²) < 4.78 is 5.22. The van der Waals surface area contributed by atoms with Gasteiger partial charge < -0.3 is 10.3 Å². The smallest absolute Gasteiger partial charge is 0.243 e. The van der Waals surface area contributed by atoms with Gasteiger partial charge in [0, 0.05) is 5.25 Å². The van der Waals surface area contributed by atoms with Crippen LogP contribution in [0.25, 0.3) is 0 Å². The molecule has 0 amide bonds. The number of hydrogen-bond acceptors (Lipinski definition) is 5. The Morgan fingerprint density at radius 3 is 2.59 bits per heavy atom. The van der Waals surface area contributed by atoms with E-state index in [1.807, 2.05) is 11.8 Å². The summed E-state index contributed by atoms with van der Waals surface area (Å²) in [7, 11) is 0. The molecule has 0 spiro atoms. The predicted octanol–water partition coefficient (Wildman–Crippen LogP) is 3.15. The van der Waals surface area contributed by atoms with Gasteiger partial charge in [-0.05, 0) is 12.3 Å². The van der Waals surface area contributed by atoms with Gasteiger partial charge in [0.25, 0.3) is 0 Å². The van der Waals surface area contributed by atoms with E-state index in [1.165, 1.54) is 0 Å². The summed E-state index contributed by atoms with van der Waals surface area (Å²) in [4.78, 5) is 4.36. The highest BCUT2D eigenvalue weighted by molar-refractivity contribution is 7.99. The van der Waals surface area contributed by atoms with Crippen molar-refractivity contribution in [1.82, 2.24) is 10.1 Å². The van der Waals surface area contributed by atoms with E-state index in [1.54, 1.807) is 0 Å². The molecule has 1 heterocycles. The SMILES string of the molecule is CCC(C)SCc1noc(C(N)C(C)CC)n1. The van der Waals surface area contributed by atoms with Gasteiger partial charge in [-0.1, -0.05) is 39.3 Å². The fourth-order valence-corrected chi connectivity index (χ4v) is 2.08. The fraction of sp³-hybridized carbons (Fsp3) is 0.833. The molecule has 0 radical (unpaired) electrons. The second-order valence-corrected chi connectivity index (χ2v) is 5.92. The number of thioether (sulfide) groups is 1. The Balaban J connectivity index is 2.53. The average Bonchev–Trinajstić information content (AvgIpc) is 2.82. The lowest BCUT2D eigenvalue weighted by molar-refractivity contribution is 0.311. The van der Waals surface area contributed by atoms with Crippen molar-refractivity contribution in [2.24, 2.45) is 11.7 Å². The third-order valence-electron chi connectivity index (χ3n) is 3.10. The van der Waals surface area contributed by atoms with Crippen LogP contribution in [0.2, 0.25) is 0 Å². The van der Waals surface area contributed by atoms with E-state index in [2.05, 4.69) is 37.8 Å². The maximum absolute atomic E-state index is 6.04. The monoisotopic (exact) mass is 257 g/mol. The maximum Gasteiger partial charge on any atom is 0.243 e. The number of aromatic nitrogens is 2. The minimum Gasteiger partial charge on any atom is -0.338 e. The van der Waals surface area contributed by atoms with Crippen molar-refractivity contribution in [3.63, 3.8) is 0 Å². The van der Waals surface area contributed by atoms with E-state index in [9.17, 15) is 0 Å². The van der Waals surface area contributed by atoms with Gasteiger partial charge in [0.05, 0.1) is 11.8 Å². The lowest BCUT2D eigenvalue weighted by atomic mass is 10.0. The normalized spacial score (nSPS) is 16.8. The van der Waals surface area contributed by atoms with Gasteiger partial charge in [0.2, 0.25) is 5.89 Å². The molecule has 0 bridgehead atoms. The van der Waals surface area contributed by atoms with Crippen LogP contribution in [-0.4, -0.2) is 15.4 Å². The second kappa shape index (κ2) is 7.01. The van der Waals surface area contributed by atoms with E-state index >= 15 is 0 Å².